The molecule has 2 nitrogen and oxygen atoms in total. The Morgan fingerprint density at radius 2 is 1.31 bits per heavy atom. The van der Waals surface area contributed by atoms with Crippen LogP contribution in [0.25, 0.3) is 33.9 Å². The average Bonchev–Trinajstić information content (AvgIpc) is 2.69. The van der Waals surface area contributed by atoms with E-state index in [1.54, 1.807) is 12.1 Å². The van der Waals surface area contributed by atoms with Crippen molar-refractivity contribution < 1.29 is 4.39 Å². The van der Waals surface area contributed by atoms with Gasteiger partial charge in [-0.05, 0) is 25.1 Å². The minimum Gasteiger partial charge on any atom is -0.228 e. The van der Waals surface area contributed by atoms with Crippen molar-refractivity contribution in [3.63, 3.8) is 0 Å². The van der Waals surface area contributed by atoms with Crippen molar-refractivity contribution in [2.24, 2.45) is 0 Å². The molecule has 26 heavy (non-hydrogen) atoms. The Morgan fingerprint density at radius 3 is 2.04 bits per heavy atom. The minimum atomic E-state index is -0.292. The third-order valence-electron chi connectivity index (χ3n) is 4.26. The van der Waals surface area contributed by atoms with Crippen molar-refractivity contribution in [2.45, 2.75) is 6.92 Å². The summed E-state index contributed by atoms with van der Waals surface area (Å²) >= 11 is 0. The maximum atomic E-state index is 14.3. The summed E-state index contributed by atoms with van der Waals surface area (Å²) in [4.78, 5) is 9.35. The third-order valence-corrected chi connectivity index (χ3v) is 4.26. The van der Waals surface area contributed by atoms with Crippen LogP contribution in [0.5, 0.6) is 0 Å². The molecule has 0 aliphatic heterocycles. The van der Waals surface area contributed by atoms with Gasteiger partial charge >= 0.3 is 0 Å². The molecule has 0 fully saturated rings. The van der Waals surface area contributed by atoms with Crippen molar-refractivity contribution in [1.82, 2.24) is 9.97 Å². The van der Waals surface area contributed by atoms with Crippen LogP contribution in [0.2, 0.25) is 0 Å². The molecule has 0 spiro atoms. The van der Waals surface area contributed by atoms with Crippen LogP contribution in [-0.4, -0.2) is 9.97 Å². The Hall–Kier alpha value is -3.33. The molecular formula is C23H17FN2. The Kier molecular flexibility index (Phi) is 4.28. The molecule has 0 saturated carbocycles. The SMILES string of the molecule is Cc1ccc(-c2cc(-c3ccccc3F)nc(-c3ccccc3)n2)cc1. The van der Waals surface area contributed by atoms with Gasteiger partial charge in [0.1, 0.15) is 5.82 Å². The Labute approximate surface area is 152 Å². The second kappa shape index (κ2) is 6.89. The van der Waals surface area contributed by atoms with Crippen LogP contribution >= 0.6 is 0 Å². The highest BCUT2D eigenvalue weighted by molar-refractivity contribution is 5.72. The molecular weight excluding hydrogens is 323 g/mol. The van der Waals surface area contributed by atoms with Crippen LogP contribution in [0, 0.1) is 12.7 Å². The molecule has 4 aromatic rings. The van der Waals surface area contributed by atoms with E-state index in [-0.39, 0.29) is 5.82 Å². The molecule has 0 N–H and O–H groups in total. The first-order valence-electron chi connectivity index (χ1n) is 8.47. The maximum Gasteiger partial charge on any atom is 0.160 e. The molecule has 3 heteroatoms. The summed E-state index contributed by atoms with van der Waals surface area (Å²) in [6.45, 7) is 2.05. The lowest BCUT2D eigenvalue weighted by molar-refractivity contribution is 0.630. The molecule has 126 valence electrons. The summed E-state index contributed by atoms with van der Waals surface area (Å²) in [5, 5.41) is 0. The van der Waals surface area contributed by atoms with E-state index in [1.807, 2.05) is 73.7 Å². The molecule has 3 aromatic carbocycles. The fourth-order valence-corrected chi connectivity index (χ4v) is 2.84. The summed E-state index contributed by atoms with van der Waals surface area (Å²) in [7, 11) is 0. The second-order valence-electron chi connectivity index (χ2n) is 6.17. The fourth-order valence-electron chi connectivity index (χ4n) is 2.84. The maximum absolute atomic E-state index is 14.3. The summed E-state index contributed by atoms with van der Waals surface area (Å²) < 4.78 is 14.3. The summed E-state index contributed by atoms with van der Waals surface area (Å²) in [5.41, 5.74) is 4.89. The Balaban J connectivity index is 1.93. The van der Waals surface area contributed by atoms with E-state index in [1.165, 1.54) is 11.6 Å². The number of rotatable bonds is 3. The first-order chi connectivity index (χ1) is 12.7. The highest BCUT2D eigenvalue weighted by Gasteiger charge is 2.12. The summed E-state index contributed by atoms with van der Waals surface area (Å²) in [5.74, 6) is 0.294. The summed E-state index contributed by atoms with van der Waals surface area (Å²) in [6, 6.07) is 26.4. The van der Waals surface area contributed by atoms with Crippen LogP contribution in [-0.2, 0) is 0 Å². The molecule has 0 aliphatic rings. The van der Waals surface area contributed by atoms with Crippen molar-refractivity contribution in [3.05, 3.63) is 96.3 Å². The lowest BCUT2D eigenvalue weighted by Crippen LogP contribution is -1.97. The average molecular weight is 340 g/mol. The first kappa shape index (κ1) is 16.2. The Morgan fingerprint density at radius 1 is 0.654 bits per heavy atom. The summed E-state index contributed by atoms with van der Waals surface area (Å²) in [6.07, 6.45) is 0. The lowest BCUT2D eigenvalue weighted by atomic mass is 10.1. The van der Waals surface area contributed by atoms with Gasteiger partial charge in [0.15, 0.2) is 5.82 Å². The van der Waals surface area contributed by atoms with E-state index < -0.39 is 0 Å². The standard InChI is InChI=1S/C23H17FN2/c1-16-11-13-17(14-12-16)21-15-22(19-9-5-6-10-20(19)24)26-23(25-21)18-7-3-2-4-8-18/h2-15H,1H3. The van der Waals surface area contributed by atoms with Crippen LogP contribution < -0.4 is 0 Å². The number of benzene rings is 3. The van der Waals surface area contributed by atoms with Gasteiger partial charge in [0, 0.05) is 16.7 Å². The largest absolute Gasteiger partial charge is 0.228 e. The van der Waals surface area contributed by atoms with Gasteiger partial charge < -0.3 is 0 Å². The monoisotopic (exact) mass is 340 g/mol. The first-order valence-corrected chi connectivity index (χ1v) is 8.47. The zero-order valence-corrected chi connectivity index (χ0v) is 14.4. The predicted molar refractivity (Wildman–Crippen MR) is 103 cm³/mol. The molecule has 4 rings (SSSR count). The van der Waals surface area contributed by atoms with Gasteiger partial charge in [-0.2, -0.15) is 0 Å². The molecule has 0 saturated heterocycles. The minimum absolute atomic E-state index is 0.292. The van der Waals surface area contributed by atoms with Crippen molar-refractivity contribution in [3.8, 4) is 33.9 Å². The molecule has 0 atom stereocenters. The molecule has 0 amide bonds. The number of hydrogen-bond donors (Lipinski definition) is 0. The zero-order valence-electron chi connectivity index (χ0n) is 14.4. The number of hydrogen-bond acceptors (Lipinski definition) is 2. The van der Waals surface area contributed by atoms with Crippen molar-refractivity contribution in [2.75, 3.05) is 0 Å². The molecule has 0 radical (unpaired) electrons. The van der Waals surface area contributed by atoms with Crippen molar-refractivity contribution in [1.29, 1.82) is 0 Å². The van der Waals surface area contributed by atoms with Gasteiger partial charge in [0.25, 0.3) is 0 Å². The van der Waals surface area contributed by atoms with Crippen LogP contribution in [0.15, 0.2) is 84.9 Å². The molecule has 1 heterocycles. The van der Waals surface area contributed by atoms with Gasteiger partial charge in [0.05, 0.1) is 11.4 Å². The highest BCUT2D eigenvalue weighted by atomic mass is 19.1. The van der Waals surface area contributed by atoms with Crippen LogP contribution in [0.1, 0.15) is 5.56 Å². The van der Waals surface area contributed by atoms with Crippen molar-refractivity contribution >= 4 is 0 Å². The zero-order chi connectivity index (χ0) is 17.9. The van der Waals surface area contributed by atoms with Crippen LogP contribution in [0.3, 0.4) is 0 Å². The number of nitrogens with zero attached hydrogens (tertiary/aromatic N) is 2. The van der Waals surface area contributed by atoms with Crippen LogP contribution in [0.4, 0.5) is 4.39 Å². The predicted octanol–water partition coefficient (Wildman–Crippen LogP) is 5.93. The molecule has 0 unspecified atom stereocenters. The van der Waals surface area contributed by atoms with Gasteiger partial charge in [-0.1, -0.05) is 72.3 Å². The topological polar surface area (TPSA) is 25.8 Å². The van der Waals surface area contributed by atoms with E-state index in [9.17, 15) is 4.39 Å². The fraction of sp³-hybridized carbons (Fsp3) is 0.0435. The quantitative estimate of drug-likeness (QED) is 0.462. The third kappa shape index (κ3) is 3.24. The lowest BCUT2D eigenvalue weighted by Gasteiger charge is -2.10. The second-order valence-corrected chi connectivity index (χ2v) is 6.17. The normalized spacial score (nSPS) is 10.7. The molecule has 0 aliphatic carbocycles. The number of aromatic nitrogens is 2. The van der Waals surface area contributed by atoms with E-state index >= 15 is 0 Å². The van der Waals surface area contributed by atoms with Gasteiger partial charge in [-0.3, -0.25) is 0 Å². The number of halogens is 1. The molecule has 0 bridgehead atoms. The van der Waals surface area contributed by atoms with E-state index in [0.717, 1.165) is 16.8 Å². The highest BCUT2D eigenvalue weighted by Crippen LogP contribution is 2.28. The van der Waals surface area contributed by atoms with Gasteiger partial charge in [0.2, 0.25) is 0 Å². The van der Waals surface area contributed by atoms with E-state index in [2.05, 4.69) is 4.98 Å². The van der Waals surface area contributed by atoms with E-state index in [0.29, 0.717) is 17.1 Å². The van der Waals surface area contributed by atoms with E-state index in [4.69, 9.17) is 4.98 Å². The number of aryl methyl sites for hydroxylation is 1. The Bertz CT molecular complexity index is 1040. The van der Waals surface area contributed by atoms with Gasteiger partial charge in [-0.15, -0.1) is 0 Å². The molecule has 1 aromatic heterocycles. The van der Waals surface area contributed by atoms with Gasteiger partial charge in [-0.25, -0.2) is 14.4 Å². The smallest absolute Gasteiger partial charge is 0.160 e.